The molecule has 3 rings (SSSR count). The highest BCUT2D eigenvalue weighted by Crippen LogP contribution is 2.43. The lowest BCUT2D eigenvalue weighted by atomic mass is 9.88. The number of methoxy groups -OCH3 is 3. The number of aryl methyl sites for hydroxylation is 1. The van der Waals surface area contributed by atoms with Crippen molar-refractivity contribution in [3.8, 4) is 23.0 Å². The van der Waals surface area contributed by atoms with Crippen molar-refractivity contribution in [2.24, 2.45) is 0 Å². The van der Waals surface area contributed by atoms with Crippen LogP contribution in [-0.4, -0.2) is 32.3 Å². The van der Waals surface area contributed by atoms with Crippen LogP contribution in [0.5, 0.6) is 23.0 Å². The van der Waals surface area contributed by atoms with Gasteiger partial charge in [0.1, 0.15) is 17.3 Å². The minimum absolute atomic E-state index is 0.0934. The Morgan fingerprint density at radius 1 is 1.06 bits per heavy atom. The Hall–Kier alpha value is -4.01. The molecule has 33 heavy (non-hydrogen) atoms. The summed E-state index contributed by atoms with van der Waals surface area (Å²) in [5.74, 6) is -0.962. The number of amides is 1. The largest absolute Gasteiger partial charge is 0.507 e. The van der Waals surface area contributed by atoms with Crippen molar-refractivity contribution in [3.63, 3.8) is 0 Å². The predicted molar refractivity (Wildman–Crippen MR) is 119 cm³/mol. The van der Waals surface area contributed by atoms with E-state index in [0.717, 1.165) is 0 Å². The van der Waals surface area contributed by atoms with Gasteiger partial charge >= 0.3 is 5.63 Å². The van der Waals surface area contributed by atoms with Gasteiger partial charge in [0.2, 0.25) is 11.7 Å². The van der Waals surface area contributed by atoms with Crippen molar-refractivity contribution in [2.45, 2.75) is 19.3 Å². The van der Waals surface area contributed by atoms with E-state index in [0.29, 0.717) is 28.5 Å². The van der Waals surface area contributed by atoms with E-state index >= 15 is 0 Å². The minimum Gasteiger partial charge on any atom is -0.507 e. The van der Waals surface area contributed by atoms with Gasteiger partial charge in [-0.25, -0.2) is 9.18 Å². The van der Waals surface area contributed by atoms with Gasteiger partial charge in [0.25, 0.3) is 0 Å². The van der Waals surface area contributed by atoms with Gasteiger partial charge in [-0.1, -0.05) is 0 Å². The number of rotatable bonds is 8. The first-order valence-electron chi connectivity index (χ1n) is 9.96. The van der Waals surface area contributed by atoms with Crippen molar-refractivity contribution >= 4 is 11.6 Å². The molecule has 0 spiro atoms. The Bertz CT molecular complexity index is 1180. The fourth-order valence-electron chi connectivity index (χ4n) is 3.55. The van der Waals surface area contributed by atoms with E-state index in [-0.39, 0.29) is 23.5 Å². The molecule has 174 valence electrons. The van der Waals surface area contributed by atoms with Crippen molar-refractivity contribution in [3.05, 3.63) is 75.6 Å². The third-order valence-electron chi connectivity index (χ3n) is 5.04. The topological polar surface area (TPSA) is 107 Å². The van der Waals surface area contributed by atoms with Crippen LogP contribution in [0, 0.1) is 12.7 Å². The second-order valence-electron chi connectivity index (χ2n) is 7.21. The third kappa shape index (κ3) is 5.25. The SMILES string of the molecule is COc1cc([C@@H](CC(=O)Nc2ccc(F)cc2)c2c(O)cc(C)oc2=O)cc(OC)c1OC. The number of halogens is 1. The molecule has 0 aliphatic heterocycles. The molecule has 1 aromatic heterocycles. The number of aromatic hydroxyl groups is 1. The number of anilines is 1. The summed E-state index contributed by atoms with van der Waals surface area (Å²) < 4.78 is 34.5. The molecule has 1 atom stereocenters. The number of ether oxygens (including phenoxy) is 3. The zero-order chi connectivity index (χ0) is 24.1. The molecule has 0 radical (unpaired) electrons. The van der Waals surface area contributed by atoms with Crippen LogP contribution in [-0.2, 0) is 4.79 Å². The van der Waals surface area contributed by atoms with Crippen LogP contribution in [0.3, 0.4) is 0 Å². The highest BCUT2D eigenvalue weighted by molar-refractivity contribution is 5.91. The summed E-state index contributed by atoms with van der Waals surface area (Å²) >= 11 is 0. The third-order valence-corrected chi connectivity index (χ3v) is 5.04. The summed E-state index contributed by atoms with van der Waals surface area (Å²) in [5, 5.41) is 13.2. The van der Waals surface area contributed by atoms with E-state index in [4.69, 9.17) is 18.6 Å². The van der Waals surface area contributed by atoms with E-state index in [9.17, 15) is 19.1 Å². The molecule has 0 saturated heterocycles. The van der Waals surface area contributed by atoms with Gasteiger partial charge < -0.3 is 29.1 Å². The molecule has 9 heteroatoms. The van der Waals surface area contributed by atoms with Gasteiger partial charge in [-0.05, 0) is 48.9 Å². The highest BCUT2D eigenvalue weighted by atomic mass is 19.1. The monoisotopic (exact) mass is 457 g/mol. The van der Waals surface area contributed by atoms with Crippen molar-refractivity contribution in [1.29, 1.82) is 0 Å². The smallest absolute Gasteiger partial charge is 0.343 e. The zero-order valence-electron chi connectivity index (χ0n) is 18.6. The molecule has 0 bridgehead atoms. The lowest BCUT2D eigenvalue weighted by Crippen LogP contribution is -2.21. The maximum absolute atomic E-state index is 13.2. The van der Waals surface area contributed by atoms with E-state index in [1.807, 2.05) is 0 Å². The summed E-state index contributed by atoms with van der Waals surface area (Å²) in [4.78, 5) is 25.6. The maximum Gasteiger partial charge on any atom is 0.343 e. The lowest BCUT2D eigenvalue weighted by molar-refractivity contribution is -0.116. The summed E-state index contributed by atoms with van der Waals surface area (Å²) in [6, 6.07) is 9.75. The van der Waals surface area contributed by atoms with E-state index in [1.165, 1.54) is 58.6 Å². The number of hydrogen-bond donors (Lipinski definition) is 2. The van der Waals surface area contributed by atoms with Crippen LogP contribution < -0.4 is 25.2 Å². The minimum atomic E-state index is -0.920. The average molecular weight is 457 g/mol. The summed E-state index contributed by atoms with van der Waals surface area (Å²) in [6.45, 7) is 1.53. The van der Waals surface area contributed by atoms with Gasteiger partial charge in [0.15, 0.2) is 11.5 Å². The van der Waals surface area contributed by atoms with Gasteiger partial charge in [0, 0.05) is 24.1 Å². The van der Waals surface area contributed by atoms with E-state index in [2.05, 4.69) is 5.32 Å². The van der Waals surface area contributed by atoms with Crippen molar-refractivity contribution in [1.82, 2.24) is 0 Å². The highest BCUT2D eigenvalue weighted by Gasteiger charge is 2.28. The van der Waals surface area contributed by atoms with Crippen LogP contribution in [0.4, 0.5) is 10.1 Å². The quantitative estimate of drug-likeness (QED) is 0.527. The normalized spacial score (nSPS) is 11.5. The van der Waals surface area contributed by atoms with Crippen LogP contribution >= 0.6 is 0 Å². The average Bonchev–Trinajstić information content (AvgIpc) is 2.78. The molecule has 2 aromatic carbocycles. The number of hydrogen-bond acceptors (Lipinski definition) is 7. The first kappa shape index (κ1) is 23.6. The van der Waals surface area contributed by atoms with Gasteiger partial charge in [-0.2, -0.15) is 0 Å². The zero-order valence-corrected chi connectivity index (χ0v) is 18.6. The van der Waals surface area contributed by atoms with Crippen LogP contribution in [0.25, 0.3) is 0 Å². The van der Waals surface area contributed by atoms with Crippen LogP contribution in [0.15, 0.2) is 51.7 Å². The molecule has 0 unspecified atom stereocenters. The molecule has 0 saturated carbocycles. The maximum atomic E-state index is 13.2. The molecule has 0 fully saturated rings. The lowest BCUT2D eigenvalue weighted by Gasteiger charge is -2.21. The Morgan fingerprint density at radius 3 is 2.18 bits per heavy atom. The molecule has 0 aliphatic carbocycles. The molecular weight excluding hydrogens is 433 g/mol. The molecule has 0 aliphatic rings. The molecule has 1 amide bonds. The van der Waals surface area contributed by atoms with Crippen molar-refractivity contribution < 1.29 is 32.9 Å². The summed E-state index contributed by atoms with van der Waals surface area (Å²) in [7, 11) is 4.33. The second-order valence-corrected chi connectivity index (χ2v) is 7.21. The Kier molecular flexibility index (Phi) is 7.22. The fourth-order valence-corrected chi connectivity index (χ4v) is 3.55. The van der Waals surface area contributed by atoms with Crippen LogP contribution in [0.1, 0.15) is 29.2 Å². The Morgan fingerprint density at radius 2 is 1.67 bits per heavy atom. The van der Waals surface area contributed by atoms with Crippen LogP contribution in [0.2, 0.25) is 0 Å². The van der Waals surface area contributed by atoms with E-state index < -0.39 is 23.3 Å². The Balaban J connectivity index is 2.09. The number of benzene rings is 2. The van der Waals surface area contributed by atoms with Gasteiger partial charge in [-0.3, -0.25) is 4.79 Å². The molecule has 1 heterocycles. The first-order valence-corrected chi connectivity index (χ1v) is 9.96. The molecule has 3 aromatic rings. The molecule has 2 N–H and O–H groups in total. The van der Waals surface area contributed by atoms with Crippen molar-refractivity contribution in [2.75, 3.05) is 26.6 Å². The number of carbonyl (C=O) groups is 1. The Labute approximate surface area is 189 Å². The first-order chi connectivity index (χ1) is 15.8. The van der Waals surface area contributed by atoms with Gasteiger partial charge in [-0.15, -0.1) is 0 Å². The van der Waals surface area contributed by atoms with E-state index in [1.54, 1.807) is 12.1 Å². The summed E-state index contributed by atoms with van der Waals surface area (Å²) in [6.07, 6.45) is -0.239. The number of nitrogens with one attached hydrogen (secondary N) is 1. The molecule has 8 nitrogen and oxygen atoms in total. The fraction of sp³-hybridized carbons (Fsp3) is 0.250. The predicted octanol–water partition coefficient (Wildman–Crippen LogP) is 3.98. The number of carbonyl (C=O) groups excluding carboxylic acids is 1. The van der Waals surface area contributed by atoms with Gasteiger partial charge in [0.05, 0.1) is 26.9 Å². The standard InChI is InChI=1S/C24H24FNO7/c1-13-9-18(27)22(24(29)33-13)17(12-21(28)26-16-7-5-15(25)6-8-16)14-10-19(30-2)23(32-4)20(11-14)31-3/h5-11,17,27H,12H2,1-4H3,(H,26,28)/t17-/m1/s1. The second kappa shape index (κ2) is 10.1. The summed E-state index contributed by atoms with van der Waals surface area (Å²) in [5.41, 5.74) is -0.0413. The molecular formula is C24H24FNO7.